The van der Waals surface area contributed by atoms with Crippen LogP contribution in [0, 0.1) is 6.92 Å². The van der Waals surface area contributed by atoms with Crippen LogP contribution in [0.15, 0.2) is 45.6 Å². The van der Waals surface area contributed by atoms with Gasteiger partial charge in [-0.15, -0.1) is 0 Å². The number of rotatable bonds is 12. The van der Waals surface area contributed by atoms with Gasteiger partial charge in [0.05, 0.1) is 25.9 Å². The van der Waals surface area contributed by atoms with E-state index in [9.17, 15) is 14.7 Å². The van der Waals surface area contributed by atoms with Crippen molar-refractivity contribution in [3.63, 3.8) is 0 Å². The molecule has 1 atom stereocenters. The summed E-state index contributed by atoms with van der Waals surface area (Å²) in [6.45, 7) is 6.79. The molecule has 0 bridgehead atoms. The highest BCUT2D eigenvalue weighted by Crippen LogP contribution is 2.45. The smallest absolute Gasteiger partial charge is 0.343 e. The molecule has 2 aromatic carbocycles. The second-order valence-electron chi connectivity index (χ2n) is 8.90. The second-order valence-corrected chi connectivity index (χ2v) is 8.90. The third-order valence-corrected chi connectivity index (χ3v) is 6.25. The molecule has 3 aromatic rings. The lowest BCUT2D eigenvalue weighted by Gasteiger charge is -2.19. The van der Waals surface area contributed by atoms with E-state index in [0.717, 1.165) is 5.56 Å². The molecule has 0 fully saturated rings. The number of aryl methyl sites for hydroxylation is 1. The van der Waals surface area contributed by atoms with Crippen LogP contribution in [-0.4, -0.2) is 44.7 Å². The molecule has 1 unspecified atom stereocenters. The number of hydrogen-bond acceptors (Lipinski definition) is 9. The Morgan fingerprint density at radius 1 is 1.05 bits per heavy atom. The summed E-state index contributed by atoms with van der Waals surface area (Å²) in [5.74, 6) is 1.44. The lowest BCUT2D eigenvalue weighted by Crippen LogP contribution is -2.28. The zero-order valence-corrected chi connectivity index (χ0v) is 22.5. The summed E-state index contributed by atoms with van der Waals surface area (Å²) in [4.78, 5) is 26.0. The van der Waals surface area contributed by atoms with Gasteiger partial charge in [0.2, 0.25) is 18.4 Å². The van der Waals surface area contributed by atoms with E-state index in [1.54, 1.807) is 19.1 Å². The molecule has 208 valence electrons. The van der Waals surface area contributed by atoms with Crippen LogP contribution in [0.3, 0.4) is 0 Å². The Morgan fingerprint density at radius 2 is 1.82 bits per heavy atom. The average molecular weight is 540 g/mol. The molecule has 0 aliphatic carbocycles. The van der Waals surface area contributed by atoms with Crippen molar-refractivity contribution in [1.29, 1.82) is 0 Å². The molecular formula is C29H33NO9. The summed E-state index contributed by atoms with van der Waals surface area (Å²) in [6, 6.07) is 10.4. The quantitative estimate of drug-likeness (QED) is 0.350. The van der Waals surface area contributed by atoms with Crippen molar-refractivity contribution in [2.24, 2.45) is 0 Å². The molecule has 0 spiro atoms. The van der Waals surface area contributed by atoms with Crippen molar-refractivity contribution in [2.75, 3.05) is 33.7 Å². The summed E-state index contributed by atoms with van der Waals surface area (Å²) >= 11 is 0. The van der Waals surface area contributed by atoms with Crippen molar-refractivity contribution in [1.82, 2.24) is 5.32 Å². The lowest BCUT2D eigenvalue weighted by molar-refractivity contribution is -0.121. The van der Waals surface area contributed by atoms with Crippen molar-refractivity contribution in [2.45, 2.75) is 39.5 Å². The van der Waals surface area contributed by atoms with E-state index >= 15 is 0 Å². The summed E-state index contributed by atoms with van der Waals surface area (Å²) < 4.78 is 33.0. The van der Waals surface area contributed by atoms with Crippen LogP contribution in [0.1, 0.15) is 48.6 Å². The number of nitrogens with one attached hydrogen (secondary N) is 1. The Kier molecular flexibility index (Phi) is 8.85. The molecule has 10 heteroatoms. The number of aromatic hydroxyl groups is 1. The fraction of sp³-hybridized carbons (Fsp3) is 0.379. The largest absolute Gasteiger partial charge is 0.507 e. The minimum Gasteiger partial charge on any atom is -0.507 e. The van der Waals surface area contributed by atoms with Gasteiger partial charge in [0, 0.05) is 24.9 Å². The molecule has 1 aliphatic heterocycles. The molecule has 0 saturated carbocycles. The molecule has 1 aromatic heterocycles. The summed E-state index contributed by atoms with van der Waals surface area (Å²) in [5, 5.41) is 13.6. The van der Waals surface area contributed by atoms with Crippen LogP contribution in [0.25, 0.3) is 0 Å². The first kappa shape index (κ1) is 27.7. The first-order valence-electron chi connectivity index (χ1n) is 12.8. The van der Waals surface area contributed by atoms with Gasteiger partial charge >= 0.3 is 5.63 Å². The number of amides is 1. The number of fused-ring (bicyclic) bond motifs is 1. The standard InChI is InChI=1S/C29H33NO9/c1-5-35-22-8-7-18(12-23(22)36-6-2)9-10-30-26(32)15-20(27-21(31)11-17(3)39-29(27)33)19-13-24(34-4)28-25(14-19)37-16-38-28/h7-8,11-14,20,31H,5-6,9-10,15-16H2,1-4H3,(H,30,32). The monoisotopic (exact) mass is 539 g/mol. The Bertz CT molecular complexity index is 1380. The molecule has 2 heterocycles. The maximum atomic E-state index is 13.1. The summed E-state index contributed by atoms with van der Waals surface area (Å²) in [6.07, 6.45) is 0.427. The Hall–Kier alpha value is -4.34. The van der Waals surface area contributed by atoms with E-state index in [4.69, 9.17) is 28.1 Å². The van der Waals surface area contributed by atoms with Gasteiger partial charge in [-0.3, -0.25) is 4.79 Å². The van der Waals surface area contributed by atoms with E-state index in [1.807, 2.05) is 32.0 Å². The third kappa shape index (κ3) is 6.39. The normalized spacial score (nSPS) is 12.6. The van der Waals surface area contributed by atoms with Gasteiger partial charge in [-0.05, 0) is 62.6 Å². The van der Waals surface area contributed by atoms with Gasteiger partial charge in [0.1, 0.15) is 11.5 Å². The van der Waals surface area contributed by atoms with E-state index < -0.39 is 11.5 Å². The number of benzene rings is 2. The molecule has 39 heavy (non-hydrogen) atoms. The van der Waals surface area contributed by atoms with E-state index in [2.05, 4.69) is 5.32 Å². The van der Waals surface area contributed by atoms with Gasteiger partial charge in [-0.2, -0.15) is 0 Å². The van der Waals surface area contributed by atoms with E-state index in [0.29, 0.717) is 60.5 Å². The summed E-state index contributed by atoms with van der Waals surface area (Å²) in [7, 11) is 1.48. The number of methoxy groups -OCH3 is 1. The van der Waals surface area contributed by atoms with Crippen molar-refractivity contribution >= 4 is 5.91 Å². The fourth-order valence-corrected chi connectivity index (χ4v) is 4.52. The first-order chi connectivity index (χ1) is 18.8. The van der Waals surface area contributed by atoms with Crippen LogP contribution >= 0.6 is 0 Å². The van der Waals surface area contributed by atoms with Crippen molar-refractivity contribution < 1.29 is 38.0 Å². The molecule has 4 rings (SSSR count). The Morgan fingerprint density at radius 3 is 2.54 bits per heavy atom. The molecular weight excluding hydrogens is 506 g/mol. The van der Waals surface area contributed by atoms with E-state index in [1.165, 1.54) is 13.2 Å². The van der Waals surface area contributed by atoms with E-state index in [-0.39, 0.29) is 36.2 Å². The Labute approximate surface area is 226 Å². The van der Waals surface area contributed by atoms with Crippen LogP contribution < -0.4 is 34.6 Å². The van der Waals surface area contributed by atoms with Gasteiger partial charge in [0.15, 0.2) is 23.0 Å². The highest BCUT2D eigenvalue weighted by Gasteiger charge is 2.29. The lowest BCUT2D eigenvalue weighted by atomic mass is 9.88. The summed E-state index contributed by atoms with van der Waals surface area (Å²) in [5.41, 5.74) is 0.756. The number of ether oxygens (including phenoxy) is 5. The predicted octanol–water partition coefficient (Wildman–Crippen LogP) is 4.07. The molecule has 0 saturated heterocycles. The second kappa shape index (κ2) is 12.5. The maximum absolute atomic E-state index is 13.1. The first-order valence-corrected chi connectivity index (χ1v) is 12.8. The molecule has 0 radical (unpaired) electrons. The SMILES string of the molecule is CCOc1ccc(CCNC(=O)CC(c2cc(OC)c3c(c2)OCO3)c2c(O)cc(C)oc2=O)cc1OCC. The highest BCUT2D eigenvalue weighted by molar-refractivity contribution is 5.78. The molecule has 1 amide bonds. The number of carbonyl (C=O) groups excluding carboxylic acids is 1. The van der Waals surface area contributed by atoms with Crippen LogP contribution in [0.2, 0.25) is 0 Å². The Balaban J connectivity index is 1.54. The zero-order chi connectivity index (χ0) is 27.9. The predicted molar refractivity (Wildman–Crippen MR) is 142 cm³/mol. The molecule has 10 nitrogen and oxygen atoms in total. The number of carbonyl (C=O) groups is 1. The maximum Gasteiger partial charge on any atom is 0.343 e. The van der Waals surface area contributed by atoms with Gasteiger partial charge in [0.25, 0.3) is 0 Å². The zero-order valence-electron chi connectivity index (χ0n) is 22.5. The van der Waals surface area contributed by atoms with Gasteiger partial charge < -0.3 is 38.5 Å². The van der Waals surface area contributed by atoms with Crippen LogP contribution in [-0.2, 0) is 11.2 Å². The minimum atomic E-state index is -0.833. The molecule has 2 N–H and O–H groups in total. The number of hydrogen-bond donors (Lipinski definition) is 2. The van der Waals surface area contributed by atoms with Gasteiger partial charge in [-0.1, -0.05) is 6.07 Å². The third-order valence-electron chi connectivity index (χ3n) is 6.25. The fourth-order valence-electron chi connectivity index (χ4n) is 4.52. The van der Waals surface area contributed by atoms with Crippen molar-refractivity contribution in [3.05, 3.63) is 69.3 Å². The highest BCUT2D eigenvalue weighted by atomic mass is 16.7. The van der Waals surface area contributed by atoms with Gasteiger partial charge in [-0.25, -0.2) is 4.79 Å². The molecule has 1 aliphatic rings. The average Bonchev–Trinajstić information content (AvgIpc) is 3.37. The minimum absolute atomic E-state index is 0.0226. The van der Waals surface area contributed by atoms with Crippen LogP contribution in [0.4, 0.5) is 0 Å². The van der Waals surface area contributed by atoms with Crippen LogP contribution in [0.5, 0.6) is 34.5 Å². The van der Waals surface area contributed by atoms with Crippen molar-refractivity contribution in [3.8, 4) is 34.5 Å². The topological polar surface area (TPSA) is 126 Å².